The van der Waals surface area contributed by atoms with Crippen LogP contribution in [0.15, 0.2) is 99.3 Å². The van der Waals surface area contributed by atoms with Gasteiger partial charge in [0.2, 0.25) is 5.78 Å². The lowest BCUT2D eigenvalue weighted by Crippen LogP contribution is -2.04. The molecule has 3 rings (SSSR count). The Labute approximate surface area is 170 Å². The summed E-state index contributed by atoms with van der Waals surface area (Å²) in [6.07, 6.45) is 0. The number of hydrogen-bond acceptors (Lipinski definition) is 4. The van der Waals surface area contributed by atoms with E-state index in [1.54, 1.807) is 66.7 Å². The zero-order chi connectivity index (χ0) is 19.2. The number of aliphatic hydroxyl groups is 1. The third kappa shape index (κ3) is 4.70. The Morgan fingerprint density at radius 2 is 1.48 bits per heavy atom. The molecule has 0 unspecified atom stereocenters. The summed E-state index contributed by atoms with van der Waals surface area (Å²) in [4.78, 5) is 12.9. The number of halogens is 2. The standard InChI is InChI=1S/C21H14BrClN2O2/c22-17-12-11-16(13-18(17)23)24-25-19(20(26)14-7-3-1-4-8-14)21(27)15-9-5-2-6-10-15/h1-13,26H/b20-19+,25-24?. The van der Waals surface area contributed by atoms with Gasteiger partial charge in [-0.05, 0) is 34.1 Å². The van der Waals surface area contributed by atoms with Crippen molar-refractivity contribution in [2.45, 2.75) is 0 Å². The van der Waals surface area contributed by atoms with Crippen LogP contribution in [0.3, 0.4) is 0 Å². The third-order valence-electron chi connectivity index (χ3n) is 3.69. The van der Waals surface area contributed by atoms with Gasteiger partial charge in [-0.25, -0.2) is 0 Å². The van der Waals surface area contributed by atoms with Crippen molar-refractivity contribution in [1.82, 2.24) is 0 Å². The first-order valence-electron chi connectivity index (χ1n) is 8.01. The van der Waals surface area contributed by atoms with E-state index in [4.69, 9.17) is 11.6 Å². The summed E-state index contributed by atoms with van der Waals surface area (Å²) >= 11 is 9.38. The Kier molecular flexibility index (Phi) is 6.16. The average molecular weight is 442 g/mol. The molecule has 0 saturated heterocycles. The van der Waals surface area contributed by atoms with Gasteiger partial charge >= 0.3 is 0 Å². The van der Waals surface area contributed by atoms with Crippen molar-refractivity contribution in [3.63, 3.8) is 0 Å². The van der Waals surface area contributed by atoms with Gasteiger partial charge in [-0.1, -0.05) is 72.3 Å². The fraction of sp³-hybridized carbons (Fsp3) is 0. The maximum atomic E-state index is 12.9. The van der Waals surface area contributed by atoms with Crippen LogP contribution in [0.25, 0.3) is 5.76 Å². The van der Waals surface area contributed by atoms with E-state index in [2.05, 4.69) is 26.2 Å². The summed E-state index contributed by atoms with van der Waals surface area (Å²) in [7, 11) is 0. The Bertz CT molecular complexity index is 1020. The average Bonchev–Trinajstić information content (AvgIpc) is 2.71. The number of carbonyl (C=O) groups is 1. The molecule has 1 N–H and O–H groups in total. The van der Waals surface area contributed by atoms with Crippen LogP contribution in [0.4, 0.5) is 5.69 Å². The van der Waals surface area contributed by atoms with E-state index in [0.29, 0.717) is 21.8 Å². The minimum Gasteiger partial charge on any atom is -0.505 e. The summed E-state index contributed by atoms with van der Waals surface area (Å²) in [6, 6.07) is 22.4. The molecule has 0 aliphatic heterocycles. The second kappa shape index (κ2) is 8.75. The van der Waals surface area contributed by atoms with Crippen LogP contribution in [0, 0.1) is 0 Å². The number of allylic oxidation sites excluding steroid dienone is 1. The lowest BCUT2D eigenvalue weighted by molar-refractivity contribution is 0.103. The molecule has 3 aromatic rings. The summed E-state index contributed by atoms with van der Waals surface area (Å²) in [6.45, 7) is 0. The highest BCUT2D eigenvalue weighted by atomic mass is 79.9. The van der Waals surface area contributed by atoms with Gasteiger partial charge in [-0.15, -0.1) is 5.11 Å². The van der Waals surface area contributed by atoms with Gasteiger partial charge in [0.15, 0.2) is 11.5 Å². The zero-order valence-corrected chi connectivity index (χ0v) is 16.4. The lowest BCUT2D eigenvalue weighted by atomic mass is 10.1. The zero-order valence-electron chi connectivity index (χ0n) is 14.0. The first-order valence-corrected chi connectivity index (χ1v) is 9.18. The largest absolute Gasteiger partial charge is 0.505 e. The van der Waals surface area contributed by atoms with Crippen LogP contribution >= 0.6 is 27.5 Å². The fourth-order valence-electron chi connectivity index (χ4n) is 2.31. The fourth-order valence-corrected chi connectivity index (χ4v) is 2.74. The van der Waals surface area contributed by atoms with Crippen molar-refractivity contribution < 1.29 is 9.90 Å². The van der Waals surface area contributed by atoms with Crippen molar-refractivity contribution in [3.05, 3.63) is 105 Å². The van der Waals surface area contributed by atoms with E-state index < -0.39 is 5.78 Å². The number of carbonyl (C=O) groups excluding carboxylic acids is 1. The number of azo groups is 1. The molecule has 0 spiro atoms. The third-order valence-corrected chi connectivity index (χ3v) is 4.92. The molecule has 0 aromatic heterocycles. The molecule has 0 saturated carbocycles. The maximum Gasteiger partial charge on any atom is 0.217 e. The van der Waals surface area contributed by atoms with Gasteiger partial charge in [-0.3, -0.25) is 4.79 Å². The Morgan fingerprint density at radius 3 is 2.07 bits per heavy atom. The van der Waals surface area contributed by atoms with Gasteiger partial charge < -0.3 is 5.11 Å². The number of benzene rings is 3. The monoisotopic (exact) mass is 440 g/mol. The Morgan fingerprint density at radius 1 is 0.889 bits per heavy atom. The first-order chi connectivity index (χ1) is 13.1. The molecule has 0 aliphatic rings. The van der Waals surface area contributed by atoms with Crippen LogP contribution in [0.1, 0.15) is 15.9 Å². The quantitative estimate of drug-likeness (QED) is 0.201. The number of hydrogen-bond donors (Lipinski definition) is 1. The van der Waals surface area contributed by atoms with Crippen LogP contribution < -0.4 is 0 Å². The van der Waals surface area contributed by atoms with Crippen molar-refractivity contribution in [2.24, 2.45) is 10.2 Å². The minimum absolute atomic E-state index is 0.147. The highest BCUT2D eigenvalue weighted by Crippen LogP contribution is 2.28. The second-order valence-corrected chi connectivity index (χ2v) is 6.82. The molecule has 0 amide bonds. The van der Waals surface area contributed by atoms with E-state index in [1.807, 2.05) is 12.1 Å². The van der Waals surface area contributed by atoms with Gasteiger partial charge in [-0.2, -0.15) is 5.11 Å². The topological polar surface area (TPSA) is 62.0 Å². The minimum atomic E-state index is -0.427. The normalized spacial score (nSPS) is 12.1. The molecule has 0 bridgehead atoms. The van der Waals surface area contributed by atoms with E-state index >= 15 is 0 Å². The molecule has 27 heavy (non-hydrogen) atoms. The number of aliphatic hydroxyl groups excluding tert-OH is 1. The summed E-state index contributed by atoms with van der Waals surface area (Å²) in [5.41, 5.74) is 1.20. The number of ketones is 1. The SMILES string of the molecule is O=C(/C(N=Nc1ccc(Br)c(Cl)c1)=C(\O)c1ccccc1)c1ccccc1. The number of Topliss-reactive ketones (excluding diaryl/α,β-unsaturated/α-hetero) is 1. The predicted octanol–water partition coefficient (Wildman–Crippen LogP) is 7.00. The number of nitrogens with zero attached hydrogens (tertiary/aromatic N) is 2. The van der Waals surface area contributed by atoms with Crippen molar-refractivity contribution in [2.75, 3.05) is 0 Å². The summed E-state index contributed by atoms with van der Waals surface area (Å²) < 4.78 is 0.728. The smallest absolute Gasteiger partial charge is 0.217 e. The van der Waals surface area contributed by atoms with Crippen LogP contribution in [-0.2, 0) is 0 Å². The first kappa shape index (κ1) is 19.0. The molecule has 0 radical (unpaired) electrons. The molecule has 0 heterocycles. The molecule has 3 aromatic carbocycles. The highest BCUT2D eigenvalue weighted by Gasteiger charge is 2.18. The molecule has 0 aliphatic carbocycles. The molecule has 6 heteroatoms. The maximum absolute atomic E-state index is 12.9. The molecule has 0 atom stereocenters. The van der Waals surface area contributed by atoms with E-state index in [0.717, 1.165) is 4.47 Å². The van der Waals surface area contributed by atoms with Crippen molar-refractivity contribution in [1.29, 1.82) is 0 Å². The van der Waals surface area contributed by atoms with Gasteiger partial charge in [0, 0.05) is 15.6 Å². The Balaban J connectivity index is 2.06. The second-order valence-electron chi connectivity index (χ2n) is 5.56. The van der Waals surface area contributed by atoms with Crippen LogP contribution in [0.5, 0.6) is 0 Å². The van der Waals surface area contributed by atoms with Gasteiger partial charge in [0.1, 0.15) is 0 Å². The van der Waals surface area contributed by atoms with Gasteiger partial charge in [0.05, 0.1) is 10.7 Å². The summed E-state index contributed by atoms with van der Waals surface area (Å²) in [5, 5.41) is 19.3. The predicted molar refractivity (Wildman–Crippen MR) is 110 cm³/mol. The van der Waals surface area contributed by atoms with Gasteiger partial charge in [0.25, 0.3) is 0 Å². The molecular weight excluding hydrogens is 428 g/mol. The molecule has 0 fully saturated rings. The van der Waals surface area contributed by atoms with Crippen molar-refractivity contribution in [3.8, 4) is 0 Å². The molecule has 134 valence electrons. The molecule has 4 nitrogen and oxygen atoms in total. The van der Waals surface area contributed by atoms with E-state index in [-0.39, 0.29) is 11.5 Å². The Hall–Kier alpha value is -2.76. The summed E-state index contributed by atoms with van der Waals surface area (Å²) in [5.74, 6) is -0.666. The highest BCUT2D eigenvalue weighted by molar-refractivity contribution is 9.10. The van der Waals surface area contributed by atoms with Crippen LogP contribution in [-0.4, -0.2) is 10.9 Å². The lowest BCUT2D eigenvalue weighted by Gasteiger charge is -2.06. The molecular formula is C21H14BrClN2O2. The van der Waals surface area contributed by atoms with Crippen molar-refractivity contribution >= 4 is 44.8 Å². The van der Waals surface area contributed by atoms with E-state index in [1.165, 1.54) is 0 Å². The number of rotatable bonds is 5. The van der Waals surface area contributed by atoms with Crippen LogP contribution in [0.2, 0.25) is 5.02 Å². The van der Waals surface area contributed by atoms with E-state index in [9.17, 15) is 9.90 Å².